The molecule has 0 aromatic heterocycles. The number of anilines is 1. The van der Waals surface area contributed by atoms with Gasteiger partial charge in [0.05, 0.1) is 6.42 Å². The van der Waals surface area contributed by atoms with E-state index in [9.17, 15) is 9.59 Å². The van der Waals surface area contributed by atoms with Crippen molar-refractivity contribution < 1.29 is 14.3 Å². The first-order chi connectivity index (χ1) is 13.0. The van der Waals surface area contributed by atoms with Crippen LogP contribution < -0.4 is 10.6 Å². The number of hydrogen-bond acceptors (Lipinski definition) is 4. The molecule has 2 N–H and O–H groups in total. The Labute approximate surface area is 163 Å². The average Bonchev–Trinajstić information content (AvgIpc) is 2.68. The smallest absolute Gasteiger partial charge is 0.405 e. The third-order valence-corrected chi connectivity index (χ3v) is 4.87. The summed E-state index contributed by atoms with van der Waals surface area (Å²) in [7, 11) is 0. The van der Waals surface area contributed by atoms with E-state index in [1.807, 2.05) is 54.6 Å². The minimum Gasteiger partial charge on any atom is -0.441 e. The third-order valence-electron chi connectivity index (χ3n) is 4.61. The number of halogens is 1. The summed E-state index contributed by atoms with van der Waals surface area (Å²) in [5.41, 5.74) is 7.02. The Kier molecular flexibility index (Phi) is 6.19. The van der Waals surface area contributed by atoms with Gasteiger partial charge in [-0.05, 0) is 29.8 Å². The highest BCUT2D eigenvalue weighted by Gasteiger charge is 2.26. The molecule has 1 atom stereocenters. The fourth-order valence-corrected chi connectivity index (χ4v) is 3.32. The van der Waals surface area contributed by atoms with Gasteiger partial charge in [0.1, 0.15) is 6.10 Å². The molecule has 3 rings (SSSR count). The first-order valence-electron chi connectivity index (χ1n) is 8.82. The van der Waals surface area contributed by atoms with Crippen LogP contribution in [0.5, 0.6) is 0 Å². The van der Waals surface area contributed by atoms with Gasteiger partial charge in [0.25, 0.3) is 0 Å². The Morgan fingerprint density at radius 2 is 1.63 bits per heavy atom. The first kappa shape index (κ1) is 19.0. The molecule has 2 amide bonds. The zero-order chi connectivity index (χ0) is 19.2. The second kappa shape index (κ2) is 8.77. The third kappa shape index (κ3) is 5.14. The summed E-state index contributed by atoms with van der Waals surface area (Å²) >= 11 is 5.93. The van der Waals surface area contributed by atoms with Crippen LogP contribution in [0.15, 0.2) is 54.6 Å². The van der Waals surface area contributed by atoms with Gasteiger partial charge in [0.2, 0.25) is 5.91 Å². The molecule has 1 aliphatic rings. The monoisotopic (exact) mass is 387 g/mol. The van der Waals surface area contributed by atoms with Crippen molar-refractivity contribution in [1.82, 2.24) is 4.90 Å². The number of carbonyl (C=O) groups excluding carboxylic acids is 2. The highest BCUT2D eigenvalue weighted by Crippen LogP contribution is 2.24. The minimum absolute atomic E-state index is 0.0548. The second-order valence-electron chi connectivity index (χ2n) is 6.38. The molecule has 0 bridgehead atoms. The average molecular weight is 388 g/mol. The number of benzene rings is 2. The van der Waals surface area contributed by atoms with Crippen LogP contribution in [0.25, 0.3) is 0 Å². The van der Waals surface area contributed by atoms with Gasteiger partial charge >= 0.3 is 6.09 Å². The van der Waals surface area contributed by atoms with Crippen LogP contribution in [0.2, 0.25) is 5.02 Å². The standard InChI is InChI=1S/C20H22ClN3O3/c21-16-6-8-17(9-7-16)23-10-12-24(13-11-23)19(25)14-18(27-20(22)26)15-4-2-1-3-5-15/h1-9,18H,10-14H2,(H2,22,26)/t18-/m0/s1. The molecule has 6 nitrogen and oxygen atoms in total. The molecule has 142 valence electrons. The Balaban J connectivity index is 1.59. The van der Waals surface area contributed by atoms with E-state index in [2.05, 4.69) is 4.90 Å². The Bertz CT molecular complexity index is 775. The second-order valence-corrected chi connectivity index (χ2v) is 6.82. The fraction of sp³-hybridized carbons (Fsp3) is 0.300. The van der Waals surface area contributed by atoms with Gasteiger partial charge in [-0.15, -0.1) is 0 Å². The number of amides is 2. The van der Waals surface area contributed by atoms with Crippen molar-refractivity contribution in [2.24, 2.45) is 5.73 Å². The molecule has 1 saturated heterocycles. The maximum atomic E-state index is 12.7. The number of primary amides is 1. The molecule has 0 spiro atoms. The van der Waals surface area contributed by atoms with Crippen molar-refractivity contribution in [3.8, 4) is 0 Å². The molecular formula is C20H22ClN3O3. The van der Waals surface area contributed by atoms with Gasteiger partial charge in [-0.1, -0.05) is 41.9 Å². The molecule has 2 aromatic rings. The number of hydrogen-bond donors (Lipinski definition) is 1. The van der Waals surface area contributed by atoms with Crippen LogP contribution in [0, 0.1) is 0 Å². The highest BCUT2D eigenvalue weighted by molar-refractivity contribution is 6.30. The van der Waals surface area contributed by atoms with Gasteiger partial charge < -0.3 is 20.3 Å². The number of nitrogens with zero attached hydrogens (tertiary/aromatic N) is 2. The Hall–Kier alpha value is -2.73. The van der Waals surface area contributed by atoms with Crippen LogP contribution in [-0.2, 0) is 9.53 Å². The Morgan fingerprint density at radius 1 is 1.00 bits per heavy atom. The summed E-state index contributed by atoms with van der Waals surface area (Å²) in [6, 6.07) is 16.9. The molecular weight excluding hydrogens is 366 g/mol. The van der Waals surface area contributed by atoms with E-state index in [4.69, 9.17) is 22.1 Å². The van der Waals surface area contributed by atoms with Crippen molar-refractivity contribution in [3.63, 3.8) is 0 Å². The molecule has 0 unspecified atom stereocenters. The summed E-state index contributed by atoms with van der Waals surface area (Å²) in [6.45, 7) is 2.69. The van der Waals surface area contributed by atoms with Crippen molar-refractivity contribution in [2.75, 3.05) is 31.1 Å². The SMILES string of the molecule is NC(=O)O[C@@H](CC(=O)N1CCN(c2ccc(Cl)cc2)CC1)c1ccccc1. The molecule has 0 saturated carbocycles. The quantitative estimate of drug-likeness (QED) is 0.854. The lowest BCUT2D eigenvalue weighted by molar-refractivity contribution is -0.133. The van der Waals surface area contributed by atoms with Crippen molar-refractivity contribution >= 4 is 29.3 Å². The van der Waals surface area contributed by atoms with Crippen molar-refractivity contribution in [3.05, 3.63) is 65.2 Å². The van der Waals surface area contributed by atoms with E-state index in [1.165, 1.54) is 0 Å². The van der Waals surface area contributed by atoms with Gasteiger partial charge in [-0.25, -0.2) is 4.79 Å². The van der Waals surface area contributed by atoms with Gasteiger partial charge in [0.15, 0.2) is 0 Å². The van der Waals surface area contributed by atoms with E-state index in [-0.39, 0.29) is 12.3 Å². The number of ether oxygens (including phenoxy) is 1. The largest absolute Gasteiger partial charge is 0.441 e. The maximum absolute atomic E-state index is 12.7. The van der Waals surface area contributed by atoms with E-state index >= 15 is 0 Å². The summed E-state index contributed by atoms with van der Waals surface area (Å²) in [4.78, 5) is 27.9. The molecule has 27 heavy (non-hydrogen) atoms. The summed E-state index contributed by atoms with van der Waals surface area (Å²) in [5.74, 6) is -0.0548. The predicted octanol–water partition coefficient (Wildman–Crippen LogP) is 3.22. The molecule has 0 aliphatic carbocycles. The predicted molar refractivity (Wildman–Crippen MR) is 105 cm³/mol. The molecule has 1 fully saturated rings. The van der Waals surface area contributed by atoms with E-state index in [0.29, 0.717) is 18.1 Å². The summed E-state index contributed by atoms with van der Waals surface area (Å²) in [5, 5.41) is 0.703. The van der Waals surface area contributed by atoms with E-state index < -0.39 is 12.2 Å². The molecule has 7 heteroatoms. The van der Waals surface area contributed by atoms with Gasteiger partial charge in [0, 0.05) is 36.9 Å². The highest BCUT2D eigenvalue weighted by atomic mass is 35.5. The molecule has 2 aromatic carbocycles. The van der Waals surface area contributed by atoms with E-state index in [0.717, 1.165) is 24.3 Å². The zero-order valence-corrected chi connectivity index (χ0v) is 15.6. The zero-order valence-electron chi connectivity index (χ0n) is 14.9. The molecule has 1 aliphatic heterocycles. The minimum atomic E-state index is -0.885. The number of rotatable bonds is 5. The summed E-state index contributed by atoms with van der Waals surface area (Å²) in [6.07, 6.45) is -1.48. The van der Waals surface area contributed by atoms with Crippen LogP contribution in [0.3, 0.4) is 0 Å². The fourth-order valence-electron chi connectivity index (χ4n) is 3.19. The topological polar surface area (TPSA) is 75.9 Å². The molecule has 1 heterocycles. The van der Waals surface area contributed by atoms with Crippen LogP contribution >= 0.6 is 11.6 Å². The number of carbonyl (C=O) groups is 2. The van der Waals surface area contributed by atoms with Crippen LogP contribution in [0.4, 0.5) is 10.5 Å². The lowest BCUT2D eigenvalue weighted by Gasteiger charge is -2.36. The lowest BCUT2D eigenvalue weighted by Crippen LogP contribution is -2.49. The van der Waals surface area contributed by atoms with Crippen molar-refractivity contribution in [2.45, 2.75) is 12.5 Å². The van der Waals surface area contributed by atoms with Crippen molar-refractivity contribution in [1.29, 1.82) is 0 Å². The number of piperazine rings is 1. The number of nitrogens with two attached hydrogens (primary N) is 1. The Morgan fingerprint density at radius 3 is 2.22 bits per heavy atom. The summed E-state index contributed by atoms with van der Waals surface area (Å²) < 4.78 is 5.17. The normalized spacial score (nSPS) is 15.3. The lowest BCUT2D eigenvalue weighted by atomic mass is 10.1. The first-order valence-corrected chi connectivity index (χ1v) is 9.20. The van der Waals surface area contributed by atoms with Crippen LogP contribution in [0.1, 0.15) is 18.1 Å². The maximum Gasteiger partial charge on any atom is 0.405 e. The van der Waals surface area contributed by atoms with Crippen LogP contribution in [-0.4, -0.2) is 43.1 Å². The van der Waals surface area contributed by atoms with Gasteiger partial charge in [-0.3, -0.25) is 4.79 Å². The van der Waals surface area contributed by atoms with E-state index in [1.54, 1.807) is 4.90 Å². The van der Waals surface area contributed by atoms with Gasteiger partial charge in [-0.2, -0.15) is 0 Å². The molecule has 0 radical (unpaired) electrons.